The molecule has 0 saturated carbocycles. The first-order chi connectivity index (χ1) is 23.8. The summed E-state index contributed by atoms with van der Waals surface area (Å²) in [5.74, 6) is 0.901. The minimum Gasteiger partial charge on any atom is -0.464 e. The largest absolute Gasteiger partial charge is 0.464 e. The zero-order valence-electron chi connectivity index (χ0n) is 25.6. The van der Waals surface area contributed by atoms with Crippen molar-refractivity contribution in [1.82, 2.24) is 4.57 Å². The van der Waals surface area contributed by atoms with Crippen LogP contribution >= 0.6 is 22.7 Å². The molecule has 1 atom stereocenters. The van der Waals surface area contributed by atoms with E-state index >= 15 is 0 Å². The maximum atomic E-state index is 6.80. The third-order valence-corrected chi connectivity index (χ3v) is 12.2. The van der Waals surface area contributed by atoms with Gasteiger partial charge in [-0.15, -0.1) is 22.7 Å². The van der Waals surface area contributed by atoms with Crippen LogP contribution in [0.1, 0.15) is 11.8 Å². The van der Waals surface area contributed by atoms with Gasteiger partial charge >= 0.3 is 0 Å². The maximum absolute atomic E-state index is 6.80. The Kier molecular flexibility index (Phi) is 5.48. The second-order valence-electron chi connectivity index (χ2n) is 12.5. The van der Waals surface area contributed by atoms with E-state index in [0.717, 1.165) is 17.0 Å². The van der Waals surface area contributed by atoms with Gasteiger partial charge in [-0.25, -0.2) is 0 Å². The van der Waals surface area contributed by atoms with Gasteiger partial charge in [0.15, 0.2) is 6.23 Å². The molecule has 1 aliphatic heterocycles. The Balaban J connectivity index is 1.11. The van der Waals surface area contributed by atoms with E-state index in [9.17, 15) is 0 Å². The van der Waals surface area contributed by atoms with Crippen molar-refractivity contribution < 1.29 is 4.74 Å². The van der Waals surface area contributed by atoms with Crippen molar-refractivity contribution in [1.29, 1.82) is 0 Å². The maximum Gasteiger partial charge on any atom is 0.198 e. The Morgan fingerprint density at radius 3 is 2.02 bits per heavy atom. The van der Waals surface area contributed by atoms with Gasteiger partial charge in [0.25, 0.3) is 0 Å². The number of fused-ring (bicyclic) bond motifs is 11. The van der Waals surface area contributed by atoms with Crippen molar-refractivity contribution in [2.24, 2.45) is 0 Å². The quantitative estimate of drug-likeness (QED) is 0.206. The molecule has 0 bridgehead atoms. The molecule has 226 valence electrons. The summed E-state index contributed by atoms with van der Waals surface area (Å²) in [7, 11) is 0. The Hall–Kier alpha value is -5.62. The number of benzene rings is 7. The fourth-order valence-corrected chi connectivity index (χ4v) is 10.1. The van der Waals surface area contributed by atoms with Crippen LogP contribution in [0.5, 0.6) is 5.75 Å². The molecule has 48 heavy (non-hydrogen) atoms. The SMILES string of the molecule is c1ccc(-c2ccc3sc4ccc5c(c4c3c2)NC(c2ccc(-n3c4ccccc4c4ccccc43)c3c2sc2ccccc23)O5)cc1. The van der Waals surface area contributed by atoms with Gasteiger partial charge in [-0.05, 0) is 65.7 Å². The van der Waals surface area contributed by atoms with E-state index in [1.165, 1.54) is 79.0 Å². The molecule has 11 rings (SSSR count). The van der Waals surface area contributed by atoms with Crippen LogP contribution in [-0.4, -0.2) is 4.57 Å². The monoisotopic (exact) mass is 650 g/mol. The zero-order valence-corrected chi connectivity index (χ0v) is 27.2. The van der Waals surface area contributed by atoms with E-state index in [0.29, 0.717) is 0 Å². The van der Waals surface area contributed by atoms with Gasteiger partial charge in [0.2, 0.25) is 0 Å². The zero-order chi connectivity index (χ0) is 31.3. The molecule has 0 spiro atoms. The predicted molar refractivity (Wildman–Crippen MR) is 205 cm³/mol. The molecular weight excluding hydrogens is 625 g/mol. The Labute approximate surface area is 283 Å². The van der Waals surface area contributed by atoms with Crippen molar-refractivity contribution in [2.75, 3.05) is 5.32 Å². The number of nitrogens with one attached hydrogen (secondary N) is 1. The molecule has 1 unspecified atom stereocenters. The normalized spacial score (nSPS) is 14.4. The van der Waals surface area contributed by atoms with E-state index in [1.54, 1.807) is 0 Å². The lowest BCUT2D eigenvalue weighted by Gasteiger charge is -2.16. The van der Waals surface area contributed by atoms with Crippen LogP contribution < -0.4 is 10.1 Å². The van der Waals surface area contributed by atoms with E-state index in [2.05, 4.69) is 155 Å². The topological polar surface area (TPSA) is 26.2 Å². The van der Waals surface area contributed by atoms with Gasteiger partial charge in [0.05, 0.1) is 22.4 Å². The lowest BCUT2D eigenvalue weighted by atomic mass is 10.0. The Morgan fingerprint density at radius 1 is 0.521 bits per heavy atom. The van der Waals surface area contributed by atoms with E-state index in [-0.39, 0.29) is 6.23 Å². The molecule has 0 radical (unpaired) electrons. The summed E-state index contributed by atoms with van der Waals surface area (Å²) >= 11 is 3.69. The number of hydrogen-bond donors (Lipinski definition) is 1. The number of rotatable bonds is 3. The van der Waals surface area contributed by atoms with E-state index < -0.39 is 0 Å². The summed E-state index contributed by atoms with van der Waals surface area (Å²) < 4.78 is 14.3. The molecule has 1 aliphatic rings. The fraction of sp³-hybridized carbons (Fsp3) is 0.0233. The van der Waals surface area contributed by atoms with Crippen LogP contribution in [0.15, 0.2) is 146 Å². The number of nitrogens with zero attached hydrogens (tertiary/aromatic N) is 1. The van der Waals surface area contributed by atoms with E-state index in [1.807, 2.05) is 22.7 Å². The lowest BCUT2D eigenvalue weighted by molar-refractivity contribution is 0.261. The van der Waals surface area contributed by atoms with Gasteiger partial charge in [0.1, 0.15) is 5.75 Å². The summed E-state index contributed by atoms with van der Waals surface area (Å²) in [6.45, 7) is 0. The third kappa shape index (κ3) is 3.68. The number of ether oxygens (including phenoxy) is 1. The highest BCUT2D eigenvalue weighted by Crippen LogP contribution is 2.51. The molecule has 3 nitrogen and oxygen atoms in total. The molecule has 0 fully saturated rings. The molecule has 1 N–H and O–H groups in total. The first-order valence-corrected chi connectivity index (χ1v) is 17.8. The van der Waals surface area contributed by atoms with Gasteiger partial charge in [-0.1, -0.05) is 91.0 Å². The Morgan fingerprint density at radius 2 is 1.21 bits per heavy atom. The molecule has 4 heterocycles. The number of anilines is 1. The molecule has 7 aromatic carbocycles. The number of para-hydroxylation sites is 2. The number of aromatic nitrogens is 1. The number of hydrogen-bond acceptors (Lipinski definition) is 4. The molecule has 0 amide bonds. The average Bonchev–Trinajstić information content (AvgIpc) is 3.91. The summed E-state index contributed by atoms with van der Waals surface area (Å²) in [5.41, 5.74) is 8.31. The van der Waals surface area contributed by atoms with Gasteiger partial charge < -0.3 is 14.6 Å². The van der Waals surface area contributed by atoms with Crippen molar-refractivity contribution in [3.8, 4) is 22.6 Å². The second kappa shape index (κ2) is 9.94. The lowest BCUT2D eigenvalue weighted by Crippen LogP contribution is -2.10. The highest BCUT2D eigenvalue weighted by atomic mass is 32.1. The van der Waals surface area contributed by atoms with Crippen LogP contribution in [0.2, 0.25) is 0 Å². The fourth-order valence-electron chi connectivity index (χ4n) is 7.74. The average molecular weight is 651 g/mol. The highest BCUT2D eigenvalue weighted by molar-refractivity contribution is 7.26. The van der Waals surface area contributed by atoms with Gasteiger partial charge in [0, 0.05) is 56.7 Å². The van der Waals surface area contributed by atoms with Crippen molar-refractivity contribution in [2.45, 2.75) is 6.23 Å². The second-order valence-corrected chi connectivity index (χ2v) is 14.6. The summed E-state index contributed by atoms with van der Waals surface area (Å²) in [6, 6.07) is 52.7. The smallest absolute Gasteiger partial charge is 0.198 e. The standard InChI is InChI=1S/C43H26N2OS2/c1-2-10-25(11-3-1)26-18-22-37-31(24-26)40-38(47-37)23-21-35-41(40)44-43(46-35)30-19-20-34(39-29-14-6-9-17-36(29)48-42(30)39)45-32-15-7-4-12-27(32)28-13-5-8-16-33(28)45/h1-24,43-44H. The minimum atomic E-state index is -0.305. The van der Waals surface area contributed by atoms with E-state index in [4.69, 9.17) is 4.74 Å². The third-order valence-electron chi connectivity index (χ3n) is 9.86. The van der Waals surface area contributed by atoms with Gasteiger partial charge in [-0.2, -0.15) is 0 Å². The minimum absolute atomic E-state index is 0.305. The summed E-state index contributed by atoms with van der Waals surface area (Å²) in [6.07, 6.45) is -0.305. The summed E-state index contributed by atoms with van der Waals surface area (Å²) in [4.78, 5) is 0. The first-order valence-electron chi connectivity index (χ1n) is 16.2. The van der Waals surface area contributed by atoms with Crippen LogP contribution in [0.25, 0.3) is 79.0 Å². The van der Waals surface area contributed by atoms with Crippen molar-refractivity contribution in [3.63, 3.8) is 0 Å². The van der Waals surface area contributed by atoms with Crippen LogP contribution in [0, 0.1) is 0 Å². The van der Waals surface area contributed by atoms with Crippen LogP contribution in [0.3, 0.4) is 0 Å². The first kappa shape index (κ1) is 26.4. The molecule has 3 aromatic heterocycles. The van der Waals surface area contributed by atoms with Crippen LogP contribution in [0.4, 0.5) is 5.69 Å². The van der Waals surface area contributed by atoms with Crippen LogP contribution in [-0.2, 0) is 0 Å². The number of thiophene rings is 2. The summed E-state index contributed by atoms with van der Waals surface area (Å²) in [5, 5.41) is 11.4. The van der Waals surface area contributed by atoms with Crippen molar-refractivity contribution in [3.05, 3.63) is 151 Å². The molecule has 0 aliphatic carbocycles. The predicted octanol–water partition coefficient (Wildman–Crippen LogP) is 12.7. The molecule has 10 aromatic rings. The van der Waals surface area contributed by atoms with Gasteiger partial charge in [-0.3, -0.25) is 0 Å². The van der Waals surface area contributed by atoms with Crippen molar-refractivity contribution >= 4 is 90.5 Å². The Bertz CT molecular complexity index is 2860. The molecule has 0 saturated heterocycles. The molecular formula is C43H26N2OS2. The molecule has 5 heteroatoms. The highest BCUT2D eigenvalue weighted by Gasteiger charge is 2.30.